The number of benzene rings is 1. The molecule has 0 atom stereocenters. The minimum Gasteiger partial charge on any atom is -0.207 e. The molecule has 4 fully saturated rings. The van der Waals surface area contributed by atoms with Crippen molar-refractivity contribution in [2.75, 3.05) is 0 Å². The molecule has 4 aliphatic carbocycles. The van der Waals surface area contributed by atoms with Crippen molar-refractivity contribution in [3.05, 3.63) is 28.2 Å². The van der Waals surface area contributed by atoms with Gasteiger partial charge in [0.15, 0.2) is 0 Å². The topological polar surface area (TPSA) is 46.2 Å². The van der Waals surface area contributed by atoms with Crippen molar-refractivity contribution in [1.29, 1.82) is 0 Å². The predicted octanol–water partition coefficient (Wildman–Crippen LogP) is 4.10. The van der Waals surface area contributed by atoms with Gasteiger partial charge in [0.05, 0.1) is 5.02 Å². The number of rotatable bonds is 3. The van der Waals surface area contributed by atoms with E-state index in [-0.39, 0.29) is 16.0 Å². The van der Waals surface area contributed by atoms with Crippen molar-refractivity contribution in [2.45, 2.75) is 43.0 Å². The van der Waals surface area contributed by atoms with Gasteiger partial charge < -0.3 is 0 Å². The molecule has 0 unspecified atom stereocenters. The maximum Gasteiger partial charge on any atom is 0.242 e. The summed E-state index contributed by atoms with van der Waals surface area (Å²) in [5.74, 6) is 2.64. The van der Waals surface area contributed by atoms with Gasteiger partial charge in [0.1, 0.15) is 4.90 Å². The molecule has 0 aliphatic heterocycles. The fourth-order valence-corrected chi connectivity index (χ4v) is 7.20. The van der Waals surface area contributed by atoms with Gasteiger partial charge in [-0.3, -0.25) is 0 Å². The summed E-state index contributed by atoms with van der Waals surface area (Å²) in [5.41, 5.74) is 0. The second-order valence-corrected chi connectivity index (χ2v) is 9.68. The molecule has 0 heterocycles. The number of hydrogen-bond acceptors (Lipinski definition) is 2. The fourth-order valence-electron chi connectivity index (χ4n) is 5.05. The van der Waals surface area contributed by atoms with Crippen molar-refractivity contribution in [3.8, 4) is 0 Å². The standard InChI is InChI=1S/C16H19Cl2NO2S/c17-13-1-2-15(14(18)8-13)22(20,21)19-16-11-4-9-3-10(6-11)7-12(16)5-9/h1-2,8-12,16,19H,3-7H2. The van der Waals surface area contributed by atoms with E-state index in [0.717, 1.165) is 11.8 Å². The van der Waals surface area contributed by atoms with Crippen LogP contribution >= 0.6 is 23.2 Å². The predicted molar refractivity (Wildman–Crippen MR) is 87.6 cm³/mol. The summed E-state index contributed by atoms with van der Waals surface area (Å²) in [6, 6.07) is 4.61. The molecule has 1 aromatic carbocycles. The van der Waals surface area contributed by atoms with E-state index in [1.807, 2.05) is 0 Å². The molecule has 4 bridgehead atoms. The highest BCUT2D eigenvalue weighted by Crippen LogP contribution is 2.54. The van der Waals surface area contributed by atoms with Crippen molar-refractivity contribution in [1.82, 2.24) is 4.72 Å². The van der Waals surface area contributed by atoms with Gasteiger partial charge in [-0.1, -0.05) is 23.2 Å². The summed E-state index contributed by atoms with van der Waals surface area (Å²) in [5, 5.41) is 0.627. The van der Waals surface area contributed by atoms with Gasteiger partial charge in [-0.2, -0.15) is 0 Å². The number of halogens is 2. The third-order valence-electron chi connectivity index (χ3n) is 5.70. The zero-order valence-corrected chi connectivity index (χ0v) is 14.5. The molecule has 22 heavy (non-hydrogen) atoms. The molecule has 0 aromatic heterocycles. The van der Waals surface area contributed by atoms with Gasteiger partial charge in [-0.15, -0.1) is 0 Å². The second-order valence-electron chi connectivity index (χ2n) is 7.15. The first-order valence-corrected chi connectivity index (χ1v) is 10.1. The van der Waals surface area contributed by atoms with E-state index in [1.54, 1.807) is 6.07 Å². The monoisotopic (exact) mass is 359 g/mol. The lowest BCUT2D eigenvalue weighted by atomic mass is 9.54. The van der Waals surface area contributed by atoms with Crippen LogP contribution in [0.4, 0.5) is 0 Å². The average Bonchev–Trinajstić information content (AvgIpc) is 2.41. The average molecular weight is 360 g/mol. The summed E-state index contributed by atoms with van der Waals surface area (Å²) >= 11 is 11.9. The molecular formula is C16H19Cl2NO2S. The summed E-state index contributed by atoms with van der Waals surface area (Å²) in [6.45, 7) is 0. The zero-order valence-electron chi connectivity index (χ0n) is 12.1. The molecule has 1 aromatic rings. The van der Waals surface area contributed by atoms with Crippen LogP contribution in [0.1, 0.15) is 32.1 Å². The Labute approximate surface area is 141 Å². The molecule has 120 valence electrons. The Balaban J connectivity index is 1.60. The Hall–Kier alpha value is -0.290. The number of nitrogens with one attached hydrogen (secondary N) is 1. The van der Waals surface area contributed by atoms with Crippen molar-refractivity contribution in [3.63, 3.8) is 0 Å². The number of hydrogen-bond donors (Lipinski definition) is 1. The Morgan fingerprint density at radius 1 is 0.955 bits per heavy atom. The van der Waals surface area contributed by atoms with E-state index in [1.165, 1.54) is 44.2 Å². The van der Waals surface area contributed by atoms with Crippen LogP contribution in [-0.4, -0.2) is 14.5 Å². The summed E-state index contributed by atoms with van der Waals surface area (Å²) in [4.78, 5) is 0.132. The van der Waals surface area contributed by atoms with Crippen LogP contribution in [0.25, 0.3) is 0 Å². The third-order valence-corrected chi connectivity index (χ3v) is 7.88. The summed E-state index contributed by atoms with van der Waals surface area (Å²) < 4.78 is 28.4. The lowest BCUT2D eigenvalue weighted by Gasteiger charge is -2.54. The molecule has 1 N–H and O–H groups in total. The largest absolute Gasteiger partial charge is 0.242 e. The highest BCUT2D eigenvalue weighted by molar-refractivity contribution is 7.89. The van der Waals surface area contributed by atoms with Crippen LogP contribution in [0.5, 0.6) is 0 Å². The van der Waals surface area contributed by atoms with Crippen LogP contribution < -0.4 is 4.72 Å². The fraction of sp³-hybridized carbons (Fsp3) is 0.625. The van der Waals surface area contributed by atoms with Crippen LogP contribution in [0.15, 0.2) is 23.1 Å². The Morgan fingerprint density at radius 3 is 2.09 bits per heavy atom. The second kappa shape index (κ2) is 5.37. The van der Waals surface area contributed by atoms with E-state index in [2.05, 4.69) is 4.72 Å². The highest BCUT2D eigenvalue weighted by Gasteiger charge is 2.49. The summed E-state index contributed by atoms with van der Waals surface area (Å²) in [7, 11) is -3.59. The molecule has 0 amide bonds. The lowest BCUT2D eigenvalue weighted by Crippen LogP contribution is -2.55. The van der Waals surface area contributed by atoms with Gasteiger partial charge in [0, 0.05) is 11.1 Å². The van der Waals surface area contributed by atoms with E-state index in [0.29, 0.717) is 16.9 Å². The molecule has 3 nitrogen and oxygen atoms in total. The smallest absolute Gasteiger partial charge is 0.207 e. The van der Waals surface area contributed by atoms with Crippen LogP contribution in [0.3, 0.4) is 0 Å². The zero-order chi connectivity index (χ0) is 15.5. The molecular weight excluding hydrogens is 341 g/mol. The van der Waals surface area contributed by atoms with E-state index >= 15 is 0 Å². The highest BCUT2D eigenvalue weighted by atomic mass is 35.5. The Kier molecular flexibility index (Phi) is 3.72. The molecule has 4 saturated carbocycles. The van der Waals surface area contributed by atoms with Gasteiger partial charge in [0.2, 0.25) is 10.0 Å². The normalized spacial score (nSPS) is 36.7. The number of sulfonamides is 1. The lowest BCUT2D eigenvalue weighted by molar-refractivity contribution is -0.00557. The van der Waals surface area contributed by atoms with Crippen LogP contribution in [0, 0.1) is 23.7 Å². The van der Waals surface area contributed by atoms with E-state index in [4.69, 9.17) is 23.2 Å². The molecule has 6 heteroatoms. The van der Waals surface area contributed by atoms with Crippen molar-refractivity contribution < 1.29 is 8.42 Å². The maximum absolute atomic E-state index is 12.7. The van der Waals surface area contributed by atoms with Gasteiger partial charge in [-0.25, -0.2) is 13.1 Å². The van der Waals surface area contributed by atoms with Crippen molar-refractivity contribution in [2.24, 2.45) is 23.7 Å². The SMILES string of the molecule is O=S(=O)(NC1C2CC3CC(C2)CC1C3)c1ccc(Cl)cc1Cl. The minimum atomic E-state index is -3.59. The van der Waals surface area contributed by atoms with Gasteiger partial charge >= 0.3 is 0 Å². The van der Waals surface area contributed by atoms with Crippen LogP contribution in [-0.2, 0) is 10.0 Å². The first-order chi connectivity index (χ1) is 10.4. The molecule has 0 spiro atoms. The van der Waals surface area contributed by atoms with Gasteiger partial charge in [-0.05, 0) is 74.0 Å². The molecule has 0 saturated heterocycles. The van der Waals surface area contributed by atoms with E-state index < -0.39 is 10.0 Å². The first-order valence-electron chi connectivity index (χ1n) is 7.90. The van der Waals surface area contributed by atoms with Crippen LogP contribution in [0.2, 0.25) is 10.0 Å². The van der Waals surface area contributed by atoms with E-state index in [9.17, 15) is 8.42 Å². The molecule has 0 radical (unpaired) electrons. The maximum atomic E-state index is 12.7. The van der Waals surface area contributed by atoms with Crippen molar-refractivity contribution >= 4 is 33.2 Å². The molecule has 5 rings (SSSR count). The quantitative estimate of drug-likeness (QED) is 0.882. The Bertz CT molecular complexity index is 676. The van der Waals surface area contributed by atoms with Gasteiger partial charge in [0.25, 0.3) is 0 Å². The minimum absolute atomic E-state index is 0.0737. The Morgan fingerprint density at radius 2 is 1.55 bits per heavy atom. The third kappa shape index (κ3) is 2.58. The molecule has 4 aliphatic rings. The summed E-state index contributed by atoms with van der Waals surface area (Å²) in [6.07, 6.45) is 6.06. The first kappa shape index (κ1) is 15.3.